The molecular weight excluding hydrogens is 394 g/mol. The van der Waals surface area contributed by atoms with Crippen molar-refractivity contribution in [3.8, 4) is 16.9 Å². The highest BCUT2D eigenvalue weighted by Gasteiger charge is 2.42. The van der Waals surface area contributed by atoms with E-state index in [9.17, 15) is 13.6 Å². The van der Waals surface area contributed by atoms with Crippen LogP contribution in [0.25, 0.3) is 11.1 Å². The molecule has 3 aromatic carbocycles. The van der Waals surface area contributed by atoms with Gasteiger partial charge in [-0.1, -0.05) is 42.5 Å². The van der Waals surface area contributed by atoms with Gasteiger partial charge in [-0.3, -0.25) is 4.79 Å². The van der Waals surface area contributed by atoms with Crippen LogP contribution in [0.3, 0.4) is 0 Å². The fourth-order valence-corrected chi connectivity index (χ4v) is 4.79. The normalized spacial score (nSPS) is 16.4. The van der Waals surface area contributed by atoms with Gasteiger partial charge < -0.3 is 4.74 Å². The summed E-state index contributed by atoms with van der Waals surface area (Å²) in [6.07, 6.45) is 5.63. The quantitative estimate of drug-likeness (QED) is 0.446. The van der Waals surface area contributed by atoms with Crippen molar-refractivity contribution in [2.75, 3.05) is 0 Å². The van der Waals surface area contributed by atoms with Crippen molar-refractivity contribution in [1.29, 1.82) is 0 Å². The van der Waals surface area contributed by atoms with Crippen molar-refractivity contribution < 1.29 is 18.3 Å². The molecule has 0 atom stereocenters. The molecule has 0 bridgehead atoms. The number of carbonyl (C=O) groups excluding carboxylic acids is 1. The maximum absolute atomic E-state index is 13.9. The molecule has 4 heteroatoms. The van der Waals surface area contributed by atoms with Crippen LogP contribution < -0.4 is 4.74 Å². The van der Waals surface area contributed by atoms with Crippen LogP contribution in [-0.2, 0) is 12.8 Å². The van der Waals surface area contributed by atoms with E-state index in [4.69, 9.17) is 4.74 Å². The summed E-state index contributed by atoms with van der Waals surface area (Å²) >= 11 is 0. The third-order valence-electron chi connectivity index (χ3n) is 6.79. The second-order valence-electron chi connectivity index (χ2n) is 8.76. The molecule has 1 aliphatic carbocycles. The largest absolute Gasteiger partial charge is 0.487 e. The Bertz CT molecular complexity index is 1140. The van der Waals surface area contributed by atoms with Gasteiger partial charge in [-0.05, 0) is 79.0 Å². The summed E-state index contributed by atoms with van der Waals surface area (Å²) in [7, 11) is 0. The highest BCUT2D eigenvalue weighted by molar-refractivity contribution is 5.98. The average molecular weight is 418 g/mol. The highest BCUT2D eigenvalue weighted by Crippen LogP contribution is 2.47. The van der Waals surface area contributed by atoms with Crippen molar-refractivity contribution in [2.45, 2.75) is 51.0 Å². The Kier molecular flexibility index (Phi) is 4.88. The van der Waals surface area contributed by atoms with Crippen LogP contribution in [0.15, 0.2) is 54.6 Å². The van der Waals surface area contributed by atoms with Crippen LogP contribution >= 0.6 is 0 Å². The van der Waals surface area contributed by atoms with Gasteiger partial charge in [0.05, 0.1) is 5.56 Å². The van der Waals surface area contributed by atoms with Crippen LogP contribution in [0.1, 0.15) is 52.7 Å². The lowest BCUT2D eigenvalue weighted by molar-refractivity contribution is -0.0254. The van der Waals surface area contributed by atoms with Gasteiger partial charge in [0.1, 0.15) is 23.0 Å². The van der Waals surface area contributed by atoms with Crippen LogP contribution in [0.4, 0.5) is 8.78 Å². The number of aryl methyl sites for hydroxylation is 1. The maximum atomic E-state index is 13.9. The van der Waals surface area contributed by atoms with E-state index in [0.717, 1.165) is 65.8 Å². The Balaban J connectivity index is 1.38. The number of ether oxygens (including phenoxy) is 1. The first-order valence-corrected chi connectivity index (χ1v) is 10.8. The number of Topliss-reactive ketones (excluding diaryl/α,β-unsaturated/α-hetero) is 1. The number of hydrogen-bond acceptors (Lipinski definition) is 2. The van der Waals surface area contributed by atoms with E-state index >= 15 is 0 Å². The number of carbonyl (C=O) groups is 1. The van der Waals surface area contributed by atoms with Gasteiger partial charge in [0.2, 0.25) is 0 Å². The van der Waals surface area contributed by atoms with Crippen molar-refractivity contribution >= 4 is 5.78 Å². The lowest BCUT2D eigenvalue weighted by Crippen LogP contribution is -2.45. The molecule has 0 amide bonds. The minimum atomic E-state index is -0.824. The first kappa shape index (κ1) is 19.9. The first-order valence-electron chi connectivity index (χ1n) is 10.8. The molecule has 31 heavy (non-hydrogen) atoms. The average Bonchev–Trinajstić information content (AvgIpc) is 2.73. The van der Waals surface area contributed by atoms with E-state index < -0.39 is 23.0 Å². The zero-order valence-corrected chi connectivity index (χ0v) is 17.5. The zero-order valence-electron chi connectivity index (χ0n) is 17.5. The third-order valence-corrected chi connectivity index (χ3v) is 6.79. The summed E-state index contributed by atoms with van der Waals surface area (Å²) in [4.78, 5) is 12.4. The van der Waals surface area contributed by atoms with Crippen LogP contribution in [-0.4, -0.2) is 11.4 Å². The Morgan fingerprint density at radius 1 is 0.968 bits per heavy atom. The molecule has 1 fully saturated rings. The summed E-state index contributed by atoms with van der Waals surface area (Å²) < 4.78 is 34.2. The number of benzene rings is 3. The van der Waals surface area contributed by atoms with E-state index in [-0.39, 0.29) is 12.0 Å². The van der Waals surface area contributed by atoms with Gasteiger partial charge in [0.25, 0.3) is 0 Å². The number of halogens is 2. The molecule has 5 rings (SSSR count). The Morgan fingerprint density at radius 2 is 1.68 bits per heavy atom. The van der Waals surface area contributed by atoms with Crippen molar-refractivity contribution in [3.05, 3.63) is 88.5 Å². The minimum Gasteiger partial charge on any atom is -0.487 e. The second kappa shape index (κ2) is 7.60. The Hall–Kier alpha value is -3.01. The molecule has 0 unspecified atom stereocenters. The monoisotopic (exact) mass is 418 g/mol. The number of ketones is 1. The van der Waals surface area contributed by atoms with Gasteiger partial charge >= 0.3 is 0 Å². The predicted octanol–water partition coefficient (Wildman–Crippen LogP) is 6.61. The van der Waals surface area contributed by atoms with E-state index in [2.05, 4.69) is 19.1 Å². The molecule has 0 radical (unpaired) electrons. The lowest BCUT2D eigenvalue weighted by Gasteiger charge is -2.46. The summed E-state index contributed by atoms with van der Waals surface area (Å²) in [6.45, 7) is 2.10. The summed E-state index contributed by atoms with van der Waals surface area (Å²) in [5.41, 5.74) is 4.84. The van der Waals surface area contributed by atoms with Crippen molar-refractivity contribution in [1.82, 2.24) is 0 Å². The Labute approximate surface area is 180 Å². The highest BCUT2D eigenvalue weighted by atomic mass is 19.1. The van der Waals surface area contributed by atoms with Gasteiger partial charge in [-0.2, -0.15) is 0 Å². The molecule has 2 nitrogen and oxygen atoms in total. The van der Waals surface area contributed by atoms with Crippen LogP contribution in [0.5, 0.6) is 5.75 Å². The van der Waals surface area contributed by atoms with Gasteiger partial charge in [-0.15, -0.1) is 0 Å². The third kappa shape index (κ3) is 3.54. The molecule has 0 saturated heterocycles. The molecule has 2 aliphatic rings. The molecule has 0 aromatic heterocycles. The molecule has 1 saturated carbocycles. The van der Waals surface area contributed by atoms with Crippen molar-refractivity contribution in [3.63, 3.8) is 0 Å². The van der Waals surface area contributed by atoms with E-state index in [1.54, 1.807) is 0 Å². The summed E-state index contributed by atoms with van der Waals surface area (Å²) in [5.74, 6) is -1.18. The molecule has 158 valence electrons. The first-order chi connectivity index (χ1) is 15.0. The molecule has 3 aromatic rings. The minimum absolute atomic E-state index is 0.0442. The maximum Gasteiger partial charge on any atom is 0.173 e. The number of hydrogen-bond donors (Lipinski definition) is 0. The van der Waals surface area contributed by atoms with E-state index in [1.165, 1.54) is 18.1 Å². The molecular formula is C27H24F2O2. The smallest absolute Gasteiger partial charge is 0.173 e. The second-order valence-corrected chi connectivity index (χ2v) is 8.76. The number of fused-ring (bicyclic) bond motifs is 1. The van der Waals surface area contributed by atoms with Crippen molar-refractivity contribution in [2.24, 2.45) is 0 Å². The van der Waals surface area contributed by atoms with Crippen LogP contribution in [0, 0.1) is 18.6 Å². The Morgan fingerprint density at radius 3 is 2.32 bits per heavy atom. The fourth-order valence-electron chi connectivity index (χ4n) is 4.79. The van der Waals surface area contributed by atoms with E-state index in [0.29, 0.717) is 0 Å². The lowest BCUT2D eigenvalue weighted by atomic mass is 9.74. The standard InChI is InChI=1S/C27H24F2O2/c1-17-21(11-10-20-12-15-27(13-3-14-27)31-26(17)20)19-8-6-18(7-9-19)16-24(30)25-22(28)4-2-5-23(25)29/h2,4-11H,3,12-16H2,1H3. The number of rotatable bonds is 4. The molecule has 1 heterocycles. The summed E-state index contributed by atoms with van der Waals surface area (Å²) in [6, 6.07) is 15.4. The zero-order chi connectivity index (χ0) is 21.6. The molecule has 0 N–H and O–H groups in total. The van der Waals surface area contributed by atoms with Crippen LogP contribution in [0.2, 0.25) is 0 Å². The fraction of sp³-hybridized carbons (Fsp3) is 0.296. The predicted molar refractivity (Wildman–Crippen MR) is 117 cm³/mol. The summed E-state index contributed by atoms with van der Waals surface area (Å²) in [5, 5.41) is 0. The van der Waals surface area contributed by atoms with Gasteiger partial charge in [0.15, 0.2) is 5.78 Å². The molecule has 1 aliphatic heterocycles. The van der Waals surface area contributed by atoms with Gasteiger partial charge in [-0.25, -0.2) is 8.78 Å². The molecule has 1 spiro atoms. The van der Waals surface area contributed by atoms with E-state index in [1.807, 2.05) is 24.3 Å². The van der Waals surface area contributed by atoms with Gasteiger partial charge in [0, 0.05) is 6.42 Å². The SMILES string of the molecule is Cc1c(-c2ccc(CC(=O)c3c(F)cccc3F)cc2)ccc2c1OC1(CCC1)CC2. The topological polar surface area (TPSA) is 26.3 Å².